The number of nitrogens with zero attached hydrogens (tertiary/aromatic N) is 2. The summed E-state index contributed by atoms with van der Waals surface area (Å²) in [7, 11) is 1.90. The van der Waals surface area contributed by atoms with Crippen molar-refractivity contribution in [1.29, 1.82) is 0 Å². The van der Waals surface area contributed by atoms with Crippen LogP contribution in [0, 0.1) is 0 Å². The Kier molecular flexibility index (Phi) is 4.24. The summed E-state index contributed by atoms with van der Waals surface area (Å²) in [5.41, 5.74) is 3.95. The first-order valence-corrected chi connectivity index (χ1v) is 7.52. The van der Waals surface area contributed by atoms with Crippen LogP contribution in [0.25, 0.3) is 0 Å². The van der Waals surface area contributed by atoms with Gasteiger partial charge in [-0.15, -0.1) is 0 Å². The van der Waals surface area contributed by atoms with E-state index in [0.717, 1.165) is 16.8 Å². The van der Waals surface area contributed by atoms with Gasteiger partial charge < -0.3 is 5.11 Å². The Morgan fingerprint density at radius 3 is 2.05 bits per heavy atom. The lowest BCUT2D eigenvalue weighted by Gasteiger charge is -2.20. The molecule has 0 radical (unpaired) electrons. The Morgan fingerprint density at radius 1 is 1.05 bits per heavy atom. The van der Waals surface area contributed by atoms with Gasteiger partial charge in [-0.2, -0.15) is 5.10 Å². The third kappa shape index (κ3) is 3.35. The number of aliphatic hydroxyl groups is 1. The summed E-state index contributed by atoms with van der Waals surface area (Å²) < 4.78 is 1.78. The Labute approximate surface area is 127 Å². The van der Waals surface area contributed by atoms with Crippen LogP contribution in [0.3, 0.4) is 0 Å². The number of rotatable bonds is 3. The zero-order valence-electron chi connectivity index (χ0n) is 13.9. The molecule has 21 heavy (non-hydrogen) atoms. The van der Waals surface area contributed by atoms with E-state index in [1.54, 1.807) is 4.68 Å². The Balaban J connectivity index is 2.38. The van der Waals surface area contributed by atoms with Crippen LogP contribution in [0.4, 0.5) is 0 Å². The van der Waals surface area contributed by atoms with E-state index in [2.05, 4.69) is 51.9 Å². The van der Waals surface area contributed by atoms with Crippen LogP contribution in [0.5, 0.6) is 0 Å². The van der Waals surface area contributed by atoms with Gasteiger partial charge in [-0.1, -0.05) is 58.9 Å². The Morgan fingerprint density at radius 2 is 1.57 bits per heavy atom. The molecule has 0 fully saturated rings. The predicted octanol–water partition coefficient (Wildman–Crippen LogP) is 3.92. The lowest BCUT2D eigenvalue weighted by molar-refractivity contribution is 0.217. The second kappa shape index (κ2) is 5.64. The van der Waals surface area contributed by atoms with Gasteiger partial charge in [-0.25, -0.2) is 0 Å². The van der Waals surface area contributed by atoms with Crippen LogP contribution in [0.15, 0.2) is 30.5 Å². The summed E-state index contributed by atoms with van der Waals surface area (Å²) in [5.74, 6) is 0.500. The standard InChI is InChI=1S/C18H26N2O/c1-12(2)13-7-9-14(10-8-13)16(21)15-11-20(6)19-17(15)18(3,4)5/h7-12,16,21H,1-6H3. The SMILES string of the molecule is CC(C)c1ccc(C(O)c2cn(C)nc2C(C)(C)C)cc1. The van der Waals surface area contributed by atoms with Crippen molar-refractivity contribution in [3.05, 3.63) is 52.8 Å². The van der Waals surface area contributed by atoms with Gasteiger partial charge in [-0.3, -0.25) is 4.68 Å². The molecule has 0 saturated carbocycles. The highest BCUT2D eigenvalue weighted by Crippen LogP contribution is 2.32. The summed E-state index contributed by atoms with van der Waals surface area (Å²) in [6, 6.07) is 8.21. The molecule has 0 aliphatic rings. The molecule has 2 aromatic rings. The summed E-state index contributed by atoms with van der Waals surface area (Å²) in [5, 5.41) is 15.3. The molecule has 0 aliphatic heterocycles. The molecule has 1 atom stereocenters. The largest absolute Gasteiger partial charge is 0.384 e. The normalized spacial score (nSPS) is 13.7. The molecule has 3 heteroatoms. The minimum atomic E-state index is -0.630. The maximum atomic E-state index is 10.7. The molecular weight excluding hydrogens is 260 g/mol. The fourth-order valence-corrected chi connectivity index (χ4v) is 2.53. The molecule has 0 spiro atoms. The van der Waals surface area contributed by atoms with E-state index in [-0.39, 0.29) is 5.41 Å². The van der Waals surface area contributed by atoms with Crippen LogP contribution in [0.1, 0.15) is 69.0 Å². The van der Waals surface area contributed by atoms with Crippen LogP contribution < -0.4 is 0 Å². The average Bonchev–Trinajstić information content (AvgIpc) is 2.80. The Bertz CT molecular complexity index is 603. The zero-order chi connectivity index (χ0) is 15.8. The predicted molar refractivity (Wildman–Crippen MR) is 86.5 cm³/mol. The van der Waals surface area contributed by atoms with E-state index in [1.165, 1.54) is 5.56 Å². The van der Waals surface area contributed by atoms with Gasteiger partial charge in [0.25, 0.3) is 0 Å². The van der Waals surface area contributed by atoms with Crippen molar-refractivity contribution in [3.63, 3.8) is 0 Å². The highest BCUT2D eigenvalue weighted by molar-refractivity contribution is 5.36. The lowest BCUT2D eigenvalue weighted by atomic mass is 9.86. The minimum Gasteiger partial charge on any atom is -0.384 e. The van der Waals surface area contributed by atoms with Crippen molar-refractivity contribution < 1.29 is 5.11 Å². The van der Waals surface area contributed by atoms with Gasteiger partial charge in [0.1, 0.15) is 6.10 Å². The van der Waals surface area contributed by atoms with Crippen molar-refractivity contribution in [2.45, 2.75) is 52.1 Å². The third-order valence-corrected chi connectivity index (χ3v) is 3.78. The second-order valence-corrected chi connectivity index (χ2v) is 7.08. The average molecular weight is 286 g/mol. The highest BCUT2D eigenvalue weighted by atomic mass is 16.3. The summed E-state index contributed by atoms with van der Waals surface area (Å²) in [6.07, 6.45) is 1.29. The molecule has 3 nitrogen and oxygen atoms in total. The maximum absolute atomic E-state index is 10.7. The van der Waals surface area contributed by atoms with E-state index in [0.29, 0.717) is 5.92 Å². The number of aromatic nitrogens is 2. The number of aryl methyl sites for hydroxylation is 1. The topological polar surface area (TPSA) is 38.0 Å². The van der Waals surface area contributed by atoms with Crippen LogP contribution >= 0.6 is 0 Å². The van der Waals surface area contributed by atoms with Crippen molar-refractivity contribution in [1.82, 2.24) is 9.78 Å². The van der Waals surface area contributed by atoms with E-state index in [1.807, 2.05) is 25.4 Å². The smallest absolute Gasteiger partial charge is 0.107 e. The highest BCUT2D eigenvalue weighted by Gasteiger charge is 2.26. The molecule has 0 aliphatic carbocycles. The van der Waals surface area contributed by atoms with Crippen LogP contribution in [-0.4, -0.2) is 14.9 Å². The van der Waals surface area contributed by atoms with Gasteiger partial charge in [0.2, 0.25) is 0 Å². The number of hydrogen-bond acceptors (Lipinski definition) is 2. The number of benzene rings is 1. The molecule has 0 bridgehead atoms. The molecular formula is C18H26N2O. The maximum Gasteiger partial charge on any atom is 0.107 e. The Hall–Kier alpha value is -1.61. The van der Waals surface area contributed by atoms with Crippen molar-refractivity contribution in [2.75, 3.05) is 0 Å². The molecule has 1 aromatic carbocycles. The minimum absolute atomic E-state index is 0.0879. The van der Waals surface area contributed by atoms with Gasteiger partial charge >= 0.3 is 0 Å². The van der Waals surface area contributed by atoms with Crippen molar-refractivity contribution >= 4 is 0 Å². The molecule has 1 aromatic heterocycles. The van der Waals surface area contributed by atoms with Gasteiger partial charge in [0.15, 0.2) is 0 Å². The van der Waals surface area contributed by atoms with E-state index in [9.17, 15) is 5.11 Å². The molecule has 0 saturated heterocycles. The van der Waals surface area contributed by atoms with E-state index < -0.39 is 6.10 Å². The molecule has 0 amide bonds. The van der Waals surface area contributed by atoms with Gasteiger partial charge in [-0.05, 0) is 17.0 Å². The van der Waals surface area contributed by atoms with Gasteiger partial charge in [0, 0.05) is 24.2 Å². The van der Waals surface area contributed by atoms with Crippen molar-refractivity contribution in [3.8, 4) is 0 Å². The lowest BCUT2D eigenvalue weighted by Crippen LogP contribution is -2.16. The first-order valence-electron chi connectivity index (χ1n) is 7.52. The quantitative estimate of drug-likeness (QED) is 0.928. The first-order chi connectivity index (χ1) is 9.70. The molecule has 1 N–H and O–H groups in total. The molecule has 2 rings (SSSR count). The summed E-state index contributed by atoms with van der Waals surface area (Å²) in [6.45, 7) is 10.7. The summed E-state index contributed by atoms with van der Waals surface area (Å²) in [4.78, 5) is 0. The fraction of sp³-hybridized carbons (Fsp3) is 0.500. The zero-order valence-corrected chi connectivity index (χ0v) is 13.9. The monoisotopic (exact) mass is 286 g/mol. The summed E-state index contributed by atoms with van der Waals surface area (Å²) >= 11 is 0. The fourth-order valence-electron chi connectivity index (χ4n) is 2.53. The molecule has 114 valence electrons. The first kappa shape index (κ1) is 15.8. The molecule has 1 heterocycles. The van der Waals surface area contributed by atoms with Gasteiger partial charge in [0.05, 0.1) is 5.69 Å². The van der Waals surface area contributed by atoms with E-state index in [4.69, 9.17) is 0 Å². The number of hydrogen-bond donors (Lipinski definition) is 1. The third-order valence-electron chi connectivity index (χ3n) is 3.78. The van der Waals surface area contributed by atoms with Crippen molar-refractivity contribution in [2.24, 2.45) is 7.05 Å². The number of aliphatic hydroxyl groups excluding tert-OH is 1. The molecule has 1 unspecified atom stereocenters. The van der Waals surface area contributed by atoms with Crippen LogP contribution in [-0.2, 0) is 12.5 Å². The van der Waals surface area contributed by atoms with Crippen LogP contribution in [0.2, 0.25) is 0 Å². The second-order valence-electron chi connectivity index (χ2n) is 7.08. The van der Waals surface area contributed by atoms with E-state index >= 15 is 0 Å².